The van der Waals surface area contributed by atoms with Gasteiger partial charge in [0.25, 0.3) is 0 Å². The van der Waals surface area contributed by atoms with Crippen LogP contribution in [0.4, 0.5) is 8.78 Å². The van der Waals surface area contributed by atoms with Crippen molar-refractivity contribution in [3.8, 4) is 0 Å². The molecule has 0 saturated carbocycles. The molecule has 1 heterocycles. The van der Waals surface area contributed by atoms with Crippen LogP contribution in [0.2, 0.25) is 0 Å². The molecule has 142 valence electrons. The van der Waals surface area contributed by atoms with Gasteiger partial charge in [-0.15, -0.1) is 23.1 Å². The van der Waals surface area contributed by atoms with Crippen LogP contribution in [0.1, 0.15) is 51.5 Å². The molecule has 27 heavy (non-hydrogen) atoms. The lowest BCUT2D eigenvalue weighted by Gasteiger charge is -2.22. The van der Waals surface area contributed by atoms with Crippen LogP contribution >= 0.6 is 23.1 Å². The van der Waals surface area contributed by atoms with Gasteiger partial charge in [0.15, 0.2) is 5.82 Å². The van der Waals surface area contributed by atoms with Crippen LogP contribution < -0.4 is 0 Å². The van der Waals surface area contributed by atoms with Gasteiger partial charge >= 0.3 is 0 Å². The smallest absolute Gasteiger partial charge is 0.154 e. The maximum absolute atomic E-state index is 15.4. The minimum Gasteiger partial charge on any atom is -0.205 e. The van der Waals surface area contributed by atoms with Crippen molar-refractivity contribution in [2.45, 2.75) is 50.8 Å². The van der Waals surface area contributed by atoms with E-state index >= 15 is 4.39 Å². The predicted molar refractivity (Wildman–Crippen MR) is 116 cm³/mol. The van der Waals surface area contributed by atoms with Crippen LogP contribution in [-0.4, -0.2) is 5.75 Å². The lowest BCUT2D eigenvalue weighted by molar-refractivity contribution is 0.444. The van der Waals surface area contributed by atoms with E-state index in [0.29, 0.717) is 19.9 Å². The van der Waals surface area contributed by atoms with Gasteiger partial charge in [-0.1, -0.05) is 51.0 Å². The fraction of sp³-hybridized carbons (Fsp3) is 0.391. The highest BCUT2D eigenvalue weighted by molar-refractivity contribution is 7.99. The number of thiophene rings is 1. The molecule has 4 heteroatoms. The molecule has 4 rings (SSSR count). The zero-order chi connectivity index (χ0) is 19.0. The summed E-state index contributed by atoms with van der Waals surface area (Å²) >= 11 is 2.74. The van der Waals surface area contributed by atoms with E-state index in [1.807, 2.05) is 31.2 Å². The summed E-state index contributed by atoms with van der Waals surface area (Å²) in [5.74, 6) is 1.16. The van der Waals surface area contributed by atoms with Crippen LogP contribution in [0.5, 0.6) is 0 Å². The van der Waals surface area contributed by atoms with Crippen molar-refractivity contribution in [2.24, 2.45) is 5.92 Å². The highest BCUT2D eigenvalue weighted by Crippen LogP contribution is 2.42. The molecule has 1 aromatic heterocycles. The lowest BCUT2D eigenvalue weighted by atomic mass is 9.84. The second-order valence-corrected chi connectivity index (χ2v) is 9.58. The van der Waals surface area contributed by atoms with E-state index in [2.05, 4.69) is 13.0 Å². The molecule has 0 saturated heterocycles. The fourth-order valence-electron chi connectivity index (χ4n) is 4.14. The standard InChI is InChI=1S/C23H24F2S2/c1-3-5-14-6-8-15(9-7-14)16-10-11-17-18-12-13-19(26-4-2)21(25)23(18)27-22(17)20(16)24/h8,10-14H,3-7,9H2,1-2H3. The summed E-state index contributed by atoms with van der Waals surface area (Å²) in [7, 11) is 0. The lowest BCUT2D eigenvalue weighted by Crippen LogP contribution is -2.05. The summed E-state index contributed by atoms with van der Waals surface area (Å²) in [5.41, 5.74) is 1.81. The largest absolute Gasteiger partial charge is 0.205 e. The monoisotopic (exact) mass is 402 g/mol. The van der Waals surface area contributed by atoms with Crippen molar-refractivity contribution in [3.63, 3.8) is 0 Å². The number of rotatable bonds is 5. The Kier molecular flexibility index (Phi) is 5.56. The van der Waals surface area contributed by atoms with Gasteiger partial charge in [0.1, 0.15) is 5.82 Å². The first kappa shape index (κ1) is 18.9. The molecule has 0 spiro atoms. The van der Waals surface area contributed by atoms with E-state index in [1.54, 1.807) is 0 Å². The van der Waals surface area contributed by atoms with Gasteiger partial charge in [0, 0.05) is 21.2 Å². The van der Waals surface area contributed by atoms with Crippen LogP contribution in [0.3, 0.4) is 0 Å². The number of hydrogen-bond donors (Lipinski definition) is 0. The minimum atomic E-state index is -0.208. The maximum Gasteiger partial charge on any atom is 0.154 e. The molecule has 0 amide bonds. The van der Waals surface area contributed by atoms with E-state index < -0.39 is 0 Å². The molecule has 1 unspecified atom stereocenters. The first-order valence-electron chi connectivity index (χ1n) is 9.79. The van der Waals surface area contributed by atoms with E-state index in [0.717, 1.165) is 47.3 Å². The highest BCUT2D eigenvalue weighted by Gasteiger charge is 2.21. The Balaban J connectivity index is 1.78. The van der Waals surface area contributed by atoms with Crippen LogP contribution in [-0.2, 0) is 0 Å². The quantitative estimate of drug-likeness (QED) is 0.386. The van der Waals surface area contributed by atoms with E-state index in [4.69, 9.17) is 0 Å². The van der Waals surface area contributed by atoms with E-state index in [-0.39, 0.29) is 11.6 Å². The Morgan fingerprint density at radius 3 is 2.44 bits per heavy atom. The molecular formula is C23H24F2S2. The van der Waals surface area contributed by atoms with Gasteiger partial charge in [-0.3, -0.25) is 0 Å². The minimum absolute atomic E-state index is 0.182. The second-order valence-electron chi connectivity index (χ2n) is 7.25. The van der Waals surface area contributed by atoms with Crippen molar-refractivity contribution < 1.29 is 8.78 Å². The summed E-state index contributed by atoms with van der Waals surface area (Å²) in [5, 5.41) is 1.64. The molecular weight excluding hydrogens is 378 g/mol. The first-order valence-corrected chi connectivity index (χ1v) is 11.6. The molecule has 0 fully saturated rings. The molecule has 1 atom stereocenters. The maximum atomic E-state index is 15.4. The van der Waals surface area contributed by atoms with Crippen LogP contribution in [0.15, 0.2) is 35.2 Å². The SMILES string of the molecule is CCCC1CC=C(c2ccc3c(sc4c(F)c(SCC)ccc43)c2F)CC1. The first-order chi connectivity index (χ1) is 13.1. The summed E-state index contributed by atoms with van der Waals surface area (Å²) < 4.78 is 31.4. The molecule has 0 aliphatic heterocycles. The van der Waals surface area contributed by atoms with Crippen molar-refractivity contribution in [3.05, 3.63) is 47.5 Å². The molecule has 0 radical (unpaired) electrons. The third-order valence-electron chi connectivity index (χ3n) is 5.52. The fourth-order valence-corrected chi connectivity index (χ4v) is 6.09. The summed E-state index contributed by atoms with van der Waals surface area (Å²) in [6, 6.07) is 7.62. The average Bonchev–Trinajstić information content (AvgIpc) is 3.06. The number of hydrogen-bond acceptors (Lipinski definition) is 2. The summed E-state index contributed by atoms with van der Waals surface area (Å²) in [4.78, 5) is 0.647. The van der Waals surface area contributed by atoms with Gasteiger partial charge in [0.2, 0.25) is 0 Å². The zero-order valence-electron chi connectivity index (χ0n) is 15.8. The number of halogens is 2. The van der Waals surface area contributed by atoms with Crippen molar-refractivity contribution >= 4 is 48.8 Å². The number of allylic oxidation sites excluding steroid dienone is 2. The van der Waals surface area contributed by atoms with E-state index in [1.165, 1.54) is 35.9 Å². The average molecular weight is 403 g/mol. The topological polar surface area (TPSA) is 0 Å². The molecule has 1 aliphatic carbocycles. The molecule has 0 bridgehead atoms. The van der Waals surface area contributed by atoms with Crippen LogP contribution in [0, 0.1) is 17.6 Å². The highest BCUT2D eigenvalue weighted by atomic mass is 32.2. The zero-order valence-corrected chi connectivity index (χ0v) is 17.4. The second kappa shape index (κ2) is 7.92. The Morgan fingerprint density at radius 1 is 1.04 bits per heavy atom. The third kappa shape index (κ3) is 3.42. The van der Waals surface area contributed by atoms with E-state index in [9.17, 15) is 4.39 Å². The Morgan fingerprint density at radius 2 is 1.78 bits per heavy atom. The van der Waals surface area contributed by atoms with Gasteiger partial charge in [-0.05, 0) is 42.6 Å². The molecule has 2 aromatic carbocycles. The Hall–Kier alpha value is -1.39. The molecule has 0 nitrogen and oxygen atoms in total. The molecule has 1 aliphatic rings. The summed E-state index contributed by atoms with van der Waals surface area (Å²) in [6.07, 6.45) is 7.79. The molecule has 3 aromatic rings. The third-order valence-corrected chi connectivity index (χ3v) is 7.64. The van der Waals surface area contributed by atoms with Crippen molar-refractivity contribution in [2.75, 3.05) is 5.75 Å². The van der Waals surface area contributed by atoms with Crippen molar-refractivity contribution in [1.29, 1.82) is 0 Å². The molecule has 0 N–H and O–H groups in total. The Labute approximate surface area is 167 Å². The van der Waals surface area contributed by atoms with Gasteiger partial charge in [-0.2, -0.15) is 0 Å². The van der Waals surface area contributed by atoms with Gasteiger partial charge < -0.3 is 0 Å². The van der Waals surface area contributed by atoms with Gasteiger partial charge in [0.05, 0.1) is 9.40 Å². The predicted octanol–water partition coefficient (Wildman–Crippen LogP) is 8.43. The van der Waals surface area contributed by atoms with Gasteiger partial charge in [-0.25, -0.2) is 8.78 Å². The number of benzene rings is 2. The normalized spacial score (nSPS) is 17.6. The van der Waals surface area contributed by atoms with Crippen molar-refractivity contribution in [1.82, 2.24) is 0 Å². The number of thioether (sulfide) groups is 1. The summed E-state index contributed by atoms with van der Waals surface area (Å²) in [6.45, 7) is 4.23. The number of fused-ring (bicyclic) bond motifs is 3. The van der Waals surface area contributed by atoms with Crippen LogP contribution in [0.25, 0.3) is 25.7 Å². The Bertz CT molecular complexity index is 1020.